The molecule has 8 N–H and O–H groups in total. The highest BCUT2D eigenvalue weighted by molar-refractivity contribution is 6.31. The number of primary amides is 1. The molecule has 0 bridgehead atoms. The highest BCUT2D eigenvalue weighted by Gasteiger charge is 2.50. The van der Waals surface area contributed by atoms with Crippen molar-refractivity contribution in [2.45, 2.75) is 88.1 Å². The summed E-state index contributed by atoms with van der Waals surface area (Å²) in [5.74, 6) is -4.95. The van der Waals surface area contributed by atoms with Gasteiger partial charge in [-0.3, -0.25) is 24.0 Å². The van der Waals surface area contributed by atoms with Crippen LogP contribution in [0.2, 0.25) is 0 Å². The Bertz CT molecular complexity index is 1670. The summed E-state index contributed by atoms with van der Waals surface area (Å²) in [7, 11) is 1.30. The molecule has 15 nitrogen and oxygen atoms in total. The molecule has 2 amide bonds. The number of aliphatic hydroxyl groups excluding tert-OH is 2. The van der Waals surface area contributed by atoms with Gasteiger partial charge in [0.15, 0.2) is 17.9 Å². The molecule has 2 aromatic rings. The van der Waals surface area contributed by atoms with E-state index in [2.05, 4.69) is 5.32 Å². The summed E-state index contributed by atoms with van der Waals surface area (Å²) in [6.07, 6.45) is -5.06. The molecule has 2 aromatic carbocycles. The predicted octanol–water partition coefficient (Wildman–Crippen LogP) is 0.205. The van der Waals surface area contributed by atoms with E-state index >= 15 is 0 Å². The molecular weight excluding hydrogens is 632 g/mol. The molecule has 1 aliphatic heterocycles. The number of nitrogens with two attached hydrogens (primary N) is 1. The first-order valence-corrected chi connectivity index (χ1v) is 15.5. The Morgan fingerprint density at radius 3 is 2.42 bits per heavy atom. The van der Waals surface area contributed by atoms with E-state index in [4.69, 9.17) is 19.9 Å². The number of aliphatic hydroxyl groups is 3. The Balaban J connectivity index is 1.51. The number of hydrogen-bond donors (Lipinski definition) is 7. The minimum absolute atomic E-state index is 0.0580. The lowest BCUT2D eigenvalue weighted by Gasteiger charge is -2.43. The van der Waals surface area contributed by atoms with Crippen LogP contribution in [0.3, 0.4) is 0 Å². The SMILES string of the molecule is COc1cccc2c1C(=O)c1c(O)c3c(c(O)c1C2=O)C[C@@](O)(C(=O)CO)C[C@@H]3O[C@H]1C[C@H](NC(=O)CCCCC(N)=O)[C@H](O)[C@H](C)O1. The number of carbonyl (C=O) groups excluding carboxylic acids is 5. The van der Waals surface area contributed by atoms with Crippen LogP contribution in [-0.2, 0) is 30.3 Å². The van der Waals surface area contributed by atoms with Gasteiger partial charge in [0.1, 0.15) is 35.6 Å². The number of rotatable bonds is 11. The second-order valence-corrected chi connectivity index (χ2v) is 12.3. The number of aromatic hydroxyl groups is 2. The van der Waals surface area contributed by atoms with E-state index in [-0.39, 0.29) is 47.3 Å². The van der Waals surface area contributed by atoms with Crippen molar-refractivity contribution in [1.82, 2.24) is 5.32 Å². The van der Waals surface area contributed by atoms with Crippen LogP contribution in [0.1, 0.15) is 94.5 Å². The first-order valence-electron chi connectivity index (χ1n) is 15.5. The first kappa shape index (κ1) is 34.9. The standard InChI is InChI=1S/C33H38N2O13/c1-14-28(40)17(35-22(39)9-4-3-8-21(34)38)10-23(47-14)48-19-12-33(45,20(37)13-36)11-16-25(19)32(44)27-26(30(16)42)29(41)15-6-5-7-18(46-2)24(15)31(27)43/h5-7,14,17,19,23,28,36,40,42,44-45H,3-4,8-13H2,1-2H3,(H2,34,38)(H,35,39)/t14-,17-,19-,23-,28+,33-/m0/s1. The summed E-state index contributed by atoms with van der Waals surface area (Å²) in [4.78, 5) is 63.9. The summed E-state index contributed by atoms with van der Waals surface area (Å²) in [5, 5.41) is 57.7. The van der Waals surface area contributed by atoms with E-state index in [1.807, 2.05) is 0 Å². The van der Waals surface area contributed by atoms with Crippen molar-refractivity contribution in [3.8, 4) is 17.2 Å². The highest BCUT2D eigenvalue weighted by Crippen LogP contribution is 2.52. The number of nitrogens with one attached hydrogen (secondary N) is 1. The number of phenols is 2. The van der Waals surface area contributed by atoms with Gasteiger partial charge in [-0.05, 0) is 25.8 Å². The molecule has 2 aliphatic carbocycles. The summed E-state index contributed by atoms with van der Waals surface area (Å²) in [5.41, 5.74) is 1.12. The van der Waals surface area contributed by atoms with Gasteiger partial charge in [-0.15, -0.1) is 0 Å². The fourth-order valence-electron chi connectivity index (χ4n) is 6.72. The lowest BCUT2D eigenvalue weighted by Crippen LogP contribution is -2.55. The molecule has 6 atom stereocenters. The molecule has 0 radical (unpaired) electrons. The number of benzene rings is 2. The van der Waals surface area contributed by atoms with Crippen molar-refractivity contribution < 1.29 is 63.7 Å². The van der Waals surface area contributed by atoms with Crippen LogP contribution in [0.4, 0.5) is 0 Å². The molecule has 0 aromatic heterocycles. The average Bonchev–Trinajstić information content (AvgIpc) is 3.04. The minimum Gasteiger partial charge on any atom is -0.507 e. The Hall–Kier alpha value is -4.41. The summed E-state index contributed by atoms with van der Waals surface area (Å²) < 4.78 is 17.3. The number of methoxy groups -OCH3 is 1. The van der Waals surface area contributed by atoms with E-state index in [0.717, 1.165) is 0 Å². The lowest BCUT2D eigenvalue weighted by atomic mass is 9.72. The number of carbonyl (C=O) groups is 5. The van der Waals surface area contributed by atoms with Crippen LogP contribution in [-0.4, -0.2) is 98.6 Å². The van der Waals surface area contributed by atoms with Gasteiger partial charge in [0.2, 0.25) is 17.6 Å². The number of fused-ring (bicyclic) bond motifs is 3. The molecule has 0 unspecified atom stereocenters. The van der Waals surface area contributed by atoms with Crippen LogP contribution in [0, 0.1) is 0 Å². The zero-order chi connectivity index (χ0) is 35.1. The smallest absolute Gasteiger partial charge is 0.220 e. The molecule has 5 rings (SSSR count). The third-order valence-corrected chi connectivity index (χ3v) is 9.18. The third-order valence-electron chi connectivity index (χ3n) is 9.18. The van der Waals surface area contributed by atoms with E-state index in [0.29, 0.717) is 12.8 Å². The van der Waals surface area contributed by atoms with Crippen molar-refractivity contribution in [2.75, 3.05) is 13.7 Å². The maximum absolute atomic E-state index is 13.8. The molecule has 3 aliphatic rings. The maximum atomic E-state index is 13.8. The predicted molar refractivity (Wildman–Crippen MR) is 163 cm³/mol. The van der Waals surface area contributed by atoms with Crippen LogP contribution in [0.15, 0.2) is 18.2 Å². The lowest BCUT2D eigenvalue weighted by molar-refractivity contribution is -0.249. The van der Waals surface area contributed by atoms with Crippen LogP contribution in [0.25, 0.3) is 0 Å². The van der Waals surface area contributed by atoms with E-state index in [9.17, 15) is 49.5 Å². The van der Waals surface area contributed by atoms with E-state index < -0.39 is 107 Å². The maximum Gasteiger partial charge on any atom is 0.220 e. The summed E-state index contributed by atoms with van der Waals surface area (Å²) >= 11 is 0. The van der Waals surface area contributed by atoms with Gasteiger partial charge >= 0.3 is 0 Å². The second-order valence-electron chi connectivity index (χ2n) is 12.3. The molecule has 258 valence electrons. The van der Waals surface area contributed by atoms with E-state index in [1.165, 1.54) is 32.2 Å². The summed E-state index contributed by atoms with van der Waals surface area (Å²) in [6, 6.07) is 3.43. The van der Waals surface area contributed by atoms with Gasteiger partial charge in [-0.1, -0.05) is 12.1 Å². The van der Waals surface area contributed by atoms with E-state index in [1.54, 1.807) is 0 Å². The van der Waals surface area contributed by atoms with Crippen LogP contribution < -0.4 is 15.8 Å². The van der Waals surface area contributed by atoms with Gasteiger partial charge in [0.05, 0.1) is 42.0 Å². The molecule has 15 heteroatoms. The van der Waals surface area contributed by atoms with Crippen LogP contribution >= 0.6 is 0 Å². The van der Waals surface area contributed by atoms with Gasteiger partial charge in [0.25, 0.3) is 0 Å². The molecule has 0 saturated carbocycles. The molecule has 48 heavy (non-hydrogen) atoms. The number of ether oxygens (including phenoxy) is 3. The Morgan fingerprint density at radius 2 is 1.75 bits per heavy atom. The average molecular weight is 671 g/mol. The minimum atomic E-state index is -2.33. The molecule has 0 spiro atoms. The van der Waals surface area contributed by atoms with Gasteiger partial charge in [0, 0.05) is 48.8 Å². The van der Waals surface area contributed by atoms with Crippen molar-refractivity contribution in [3.05, 3.63) is 51.6 Å². The molecular formula is C33H38N2O13. The van der Waals surface area contributed by atoms with Gasteiger partial charge in [-0.2, -0.15) is 0 Å². The largest absolute Gasteiger partial charge is 0.507 e. The molecule has 1 fully saturated rings. The van der Waals surface area contributed by atoms with Crippen molar-refractivity contribution in [2.24, 2.45) is 5.73 Å². The second kappa shape index (κ2) is 13.6. The number of phenolic OH excluding ortho intramolecular Hbond substituents is 2. The zero-order valence-electron chi connectivity index (χ0n) is 26.4. The number of ketones is 3. The fourth-order valence-corrected chi connectivity index (χ4v) is 6.72. The number of Topliss-reactive ketones (excluding diaryl/α,β-unsaturated/α-hetero) is 1. The number of amides is 2. The third kappa shape index (κ3) is 6.26. The number of unbranched alkanes of at least 4 members (excludes halogenated alkanes) is 1. The Kier molecular flexibility index (Phi) is 9.89. The normalized spacial score (nSPS) is 26.2. The van der Waals surface area contributed by atoms with Crippen LogP contribution in [0.5, 0.6) is 17.2 Å². The Labute approximate surface area is 274 Å². The number of hydrogen-bond acceptors (Lipinski definition) is 13. The van der Waals surface area contributed by atoms with Crippen molar-refractivity contribution in [1.29, 1.82) is 0 Å². The summed E-state index contributed by atoms with van der Waals surface area (Å²) in [6.45, 7) is 0.457. The quantitative estimate of drug-likeness (QED) is 0.107. The van der Waals surface area contributed by atoms with Gasteiger partial charge in [-0.25, -0.2) is 0 Å². The monoisotopic (exact) mass is 670 g/mol. The topological polar surface area (TPSA) is 252 Å². The first-order chi connectivity index (χ1) is 22.7. The van der Waals surface area contributed by atoms with Crippen molar-refractivity contribution in [3.63, 3.8) is 0 Å². The fraction of sp³-hybridized carbons (Fsp3) is 0.485. The van der Waals surface area contributed by atoms with Crippen molar-refractivity contribution >= 4 is 29.2 Å². The highest BCUT2D eigenvalue weighted by atomic mass is 16.7. The molecule has 1 saturated heterocycles. The van der Waals surface area contributed by atoms with Gasteiger partial charge < -0.3 is 50.8 Å². The molecule has 1 heterocycles. The Morgan fingerprint density at radius 1 is 1.06 bits per heavy atom. The zero-order valence-corrected chi connectivity index (χ0v) is 26.4.